The number of aromatic nitrogens is 6. The second kappa shape index (κ2) is 24.7. The summed E-state index contributed by atoms with van der Waals surface area (Å²) in [6.07, 6.45) is -2.56. The molecule has 4 amide bonds. The van der Waals surface area contributed by atoms with Gasteiger partial charge >= 0.3 is 24.2 Å². The number of nitrogens with zero attached hydrogens (tertiary/aromatic N) is 10. The predicted molar refractivity (Wildman–Crippen MR) is 302 cm³/mol. The van der Waals surface area contributed by atoms with Crippen LogP contribution in [0.2, 0.25) is 0 Å². The molecule has 0 aliphatic heterocycles. The van der Waals surface area contributed by atoms with Gasteiger partial charge in [-0.25, -0.2) is 9.59 Å². The lowest BCUT2D eigenvalue weighted by molar-refractivity contribution is 0.258. The summed E-state index contributed by atoms with van der Waals surface area (Å²) in [6.45, 7) is -0.0847. The van der Waals surface area contributed by atoms with E-state index >= 15 is 0 Å². The number of nitrogens with two attached hydrogens (primary N) is 2. The molecule has 0 bridgehead atoms. The fraction of sp³-hybridized carbons (Fsp3) is 0.0698. The molecule has 0 spiro atoms. The molecule has 0 fully saturated rings. The number of hydrogen-bond acceptors (Lipinski definition) is 28. The van der Waals surface area contributed by atoms with Crippen LogP contribution in [0.25, 0.3) is 21.5 Å². The van der Waals surface area contributed by atoms with Crippen molar-refractivity contribution in [3.8, 4) is 0 Å². The number of benzene rings is 6. The molecule has 2 heterocycles. The average molecular weight is 1360 g/mol. The molecule has 468 valence electrons. The zero-order valence-corrected chi connectivity index (χ0v) is 48.3. The SMILES string of the molecule is NC(=O)Nc1ccc(N=Nc2cc3c(S(=O)(=O)O)cc(S(=O)(=O)O)cc3cc2S(=O)(=O)O)c(Nc2nc(F)nc(NCCCNc3nc(F)nc(Nc4ccc(N=Nc5cc6c(S(=O)(=O)O)cc(S(=O)(=O)O)cc6cc5S(=O)(=O)O)c(NC(N)=O)c4)n3)n2)c1. The minimum Gasteiger partial charge on any atom is -0.354 e. The third kappa shape index (κ3) is 16.4. The van der Waals surface area contributed by atoms with Gasteiger partial charge in [-0.05, 0) is 102 Å². The van der Waals surface area contributed by atoms with Gasteiger partial charge in [0.2, 0.25) is 23.8 Å². The summed E-state index contributed by atoms with van der Waals surface area (Å²) in [5.41, 5.74) is 7.87. The Labute approximate surface area is 497 Å². The zero-order chi connectivity index (χ0) is 65.3. The first kappa shape index (κ1) is 65.1. The normalized spacial score (nSPS) is 12.6. The van der Waals surface area contributed by atoms with Crippen molar-refractivity contribution in [1.29, 1.82) is 0 Å². The van der Waals surface area contributed by atoms with Crippen LogP contribution < -0.4 is 43.4 Å². The first-order valence-corrected chi connectivity index (χ1v) is 32.1. The summed E-state index contributed by atoms with van der Waals surface area (Å²) in [4.78, 5) is 39.6. The van der Waals surface area contributed by atoms with E-state index in [0.29, 0.717) is 48.5 Å². The van der Waals surface area contributed by atoms with E-state index in [2.05, 4.69) is 82.3 Å². The summed E-state index contributed by atoms with van der Waals surface area (Å²) in [6, 6.07) is 9.26. The van der Waals surface area contributed by atoms with Crippen molar-refractivity contribution >= 4 is 164 Å². The Morgan fingerprint density at radius 3 is 1.21 bits per heavy atom. The summed E-state index contributed by atoms with van der Waals surface area (Å²) in [5, 5.41) is 28.3. The maximum absolute atomic E-state index is 14.9. The first-order chi connectivity index (χ1) is 41.3. The van der Waals surface area contributed by atoms with Crippen LogP contribution in [0.3, 0.4) is 0 Å². The van der Waals surface area contributed by atoms with Crippen LogP contribution in [-0.4, -0.2) is 133 Å². The number of amides is 4. The molecule has 0 aliphatic rings. The van der Waals surface area contributed by atoms with Crippen molar-refractivity contribution in [1.82, 2.24) is 29.9 Å². The highest BCUT2D eigenvalue weighted by atomic mass is 32.2. The van der Waals surface area contributed by atoms with E-state index in [0.717, 1.165) is 24.3 Å². The van der Waals surface area contributed by atoms with Gasteiger partial charge in [-0.2, -0.15) is 89.2 Å². The van der Waals surface area contributed by atoms with Gasteiger partial charge < -0.3 is 43.4 Å². The molecule has 8 rings (SSSR count). The third-order valence-corrected chi connectivity index (χ3v) is 16.5. The minimum absolute atomic E-state index is 0.00306. The van der Waals surface area contributed by atoms with Crippen LogP contribution in [0.5, 0.6) is 0 Å². The van der Waals surface area contributed by atoms with Gasteiger partial charge in [-0.15, -0.1) is 20.5 Å². The van der Waals surface area contributed by atoms with Crippen molar-refractivity contribution in [3.05, 3.63) is 97.1 Å². The van der Waals surface area contributed by atoms with E-state index < -0.39 is 165 Å². The Morgan fingerprint density at radius 1 is 0.416 bits per heavy atom. The minimum atomic E-state index is -5.31. The van der Waals surface area contributed by atoms with Gasteiger partial charge in [0.25, 0.3) is 60.7 Å². The number of halogens is 2. The Hall–Kier alpha value is -9.88. The van der Waals surface area contributed by atoms with Gasteiger partial charge in [0.05, 0.1) is 21.2 Å². The lowest BCUT2D eigenvalue weighted by atomic mass is 10.1. The largest absolute Gasteiger partial charge is 0.354 e. The van der Waals surface area contributed by atoms with E-state index in [1.54, 1.807) is 0 Å². The summed E-state index contributed by atoms with van der Waals surface area (Å²) < 4.78 is 235. The van der Waals surface area contributed by atoms with Crippen molar-refractivity contribution < 1.29 is 96.2 Å². The number of nitrogens with one attached hydrogen (secondary N) is 6. The fourth-order valence-corrected chi connectivity index (χ4v) is 11.7. The number of urea groups is 2. The van der Waals surface area contributed by atoms with Crippen molar-refractivity contribution in [2.24, 2.45) is 31.9 Å². The maximum Gasteiger partial charge on any atom is 0.316 e. The van der Waals surface area contributed by atoms with Gasteiger partial charge in [-0.3, -0.25) is 27.3 Å². The molecule has 38 nitrogen and oxygen atoms in total. The highest BCUT2D eigenvalue weighted by molar-refractivity contribution is 7.87. The van der Waals surface area contributed by atoms with Gasteiger partial charge in [0.15, 0.2) is 0 Å². The molecule has 8 aromatic rings. The topological polar surface area (TPSA) is 611 Å². The number of anilines is 8. The summed E-state index contributed by atoms with van der Waals surface area (Å²) >= 11 is 0. The van der Waals surface area contributed by atoms with Crippen LogP contribution in [-0.2, 0) is 60.7 Å². The number of hydrogen-bond donors (Lipinski definition) is 14. The predicted octanol–water partition coefficient (Wildman–Crippen LogP) is 5.33. The molecule has 6 aromatic carbocycles. The molecule has 0 atom stereocenters. The molecule has 16 N–H and O–H groups in total. The van der Waals surface area contributed by atoms with Gasteiger partial charge in [0.1, 0.15) is 42.3 Å². The fourth-order valence-electron chi connectivity index (χ4n) is 7.73. The van der Waals surface area contributed by atoms with E-state index in [1.165, 1.54) is 12.1 Å². The van der Waals surface area contributed by atoms with E-state index in [9.17, 15) is 96.2 Å². The van der Waals surface area contributed by atoms with Crippen LogP contribution in [0.15, 0.2) is 135 Å². The number of azo groups is 2. The molecule has 0 radical (unpaired) electrons. The van der Waals surface area contributed by atoms with Gasteiger partial charge in [0, 0.05) is 35.2 Å². The second-order valence-electron chi connectivity index (χ2n) is 17.6. The Kier molecular flexibility index (Phi) is 18.1. The number of primary amides is 2. The maximum atomic E-state index is 14.9. The Balaban J connectivity index is 0.971. The van der Waals surface area contributed by atoms with Crippen LogP contribution in [0, 0.1) is 12.2 Å². The van der Waals surface area contributed by atoms with Gasteiger partial charge in [-0.1, -0.05) is 0 Å². The molecule has 0 unspecified atom stereocenters. The second-order valence-corrected chi connectivity index (χ2v) is 26.0. The Bertz CT molecular complexity index is 5080. The van der Waals surface area contributed by atoms with Crippen LogP contribution in [0.4, 0.5) is 87.7 Å². The number of fused-ring (bicyclic) bond motifs is 2. The lowest BCUT2D eigenvalue weighted by Gasteiger charge is -2.12. The molecular formula is C43H36F2N18O20S6. The van der Waals surface area contributed by atoms with E-state index in [4.69, 9.17) is 11.5 Å². The van der Waals surface area contributed by atoms with E-state index in [-0.39, 0.29) is 59.6 Å². The van der Waals surface area contributed by atoms with Crippen LogP contribution >= 0.6 is 0 Å². The Morgan fingerprint density at radius 2 is 0.798 bits per heavy atom. The lowest BCUT2D eigenvalue weighted by Crippen LogP contribution is -2.19. The average Bonchev–Trinajstić information content (AvgIpc) is 1.34. The van der Waals surface area contributed by atoms with Crippen molar-refractivity contribution in [3.63, 3.8) is 0 Å². The smallest absolute Gasteiger partial charge is 0.316 e. The number of rotatable bonds is 22. The highest BCUT2D eigenvalue weighted by Gasteiger charge is 2.27. The summed E-state index contributed by atoms with van der Waals surface area (Å²) in [5.74, 6) is -1.72. The molecule has 0 saturated heterocycles. The molecule has 2 aromatic heterocycles. The molecule has 0 saturated carbocycles. The molecule has 0 aliphatic carbocycles. The van der Waals surface area contributed by atoms with Crippen molar-refractivity contribution in [2.45, 2.75) is 35.8 Å². The first-order valence-electron chi connectivity index (χ1n) is 23.5. The summed E-state index contributed by atoms with van der Waals surface area (Å²) in [7, 11) is -31.5. The zero-order valence-electron chi connectivity index (χ0n) is 43.4. The molecular weight excluding hydrogens is 1320 g/mol. The highest BCUT2D eigenvalue weighted by Crippen LogP contribution is 2.40. The third-order valence-electron chi connectivity index (χ3n) is 11.3. The number of carbonyl (C=O) groups is 2. The van der Waals surface area contributed by atoms with E-state index in [1.807, 2.05) is 0 Å². The van der Waals surface area contributed by atoms with Crippen LogP contribution in [0.1, 0.15) is 6.42 Å². The standard InChI is InChI=1S/C43H36F2N18O20S6/c44-36-54-40(58-42(56-36)51-21-3-5-26(28(13-21)52-39(47)65)60-62-30-16-24-18(10-34(30)88(78,79)80)8-22(84(66,67)68)14-32(24)86(72,73)74)48-6-1-7-49-41-55-37(45)57-43(59-41)53-29-12-20(50-38(46)64)2-4-27(29)61-63-31-17-25-19(11-35(31)89(81,82)83)9-23(85(69,70)71)15-33(25)87(75,76)77/h2-5,8-17H,1,6-7H2,(H3,46,50,64)(H3,47,52,65)(H,66,67,68)(H,69,70,71)(H,72,73,74)(H,75,76,77)(H,78,79,80)(H,81,82,83)(H2,48,51,54,56,58)(H2,49,53,55,57,59). The van der Waals surface area contributed by atoms with Crippen molar-refractivity contribution in [2.75, 3.05) is 45.0 Å². The molecule has 89 heavy (non-hydrogen) atoms. The monoisotopic (exact) mass is 1350 g/mol. The quantitative estimate of drug-likeness (QED) is 0.0231. The number of carbonyl (C=O) groups excluding carboxylic acids is 2. The molecule has 46 heteroatoms.